The molecule has 1 heterocycles. The van der Waals surface area contributed by atoms with Gasteiger partial charge in [0.05, 0.1) is 21.7 Å². The van der Waals surface area contributed by atoms with Gasteiger partial charge in [-0.1, -0.05) is 39.7 Å². The van der Waals surface area contributed by atoms with E-state index in [-0.39, 0.29) is 0 Å². The number of aromatic nitrogens is 2. The van der Waals surface area contributed by atoms with Gasteiger partial charge in [0.2, 0.25) is 5.95 Å². The van der Waals surface area contributed by atoms with Crippen molar-refractivity contribution in [1.82, 2.24) is 9.55 Å². The Kier molecular flexibility index (Phi) is 2.99. The highest BCUT2D eigenvalue weighted by atomic mass is 79.9. The summed E-state index contributed by atoms with van der Waals surface area (Å²) in [6, 6.07) is 11.7. The first-order valence-electron chi connectivity index (χ1n) is 5.77. The van der Waals surface area contributed by atoms with Crippen LogP contribution in [0.25, 0.3) is 16.7 Å². The smallest absolute Gasteiger partial charge is 0.205 e. The van der Waals surface area contributed by atoms with Crippen LogP contribution in [0.5, 0.6) is 0 Å². The van der Waals surface area contributed by atoms with E-state index in [0.717, 1.165) is 26.8 Å². The van der Waals surface area contributed by atoms with E-state index in [2.05, 4.69) is 20.9 Å². The van der Waals surface area contributed by atoms with Crippen molar-refractivity contribution >= 4 is 44.5 Å². The van der Waals surface area contributed by atoms with Crippen LogP contribution in [-0.2, 0) is 0 Å². The first kappa shape index (κ1) is 12.5. The Bertz CT molecular complexity index is 780. The third kappa shape index (κ3) is 2.01. The van der Waals surface area contributed by atoms with Gasteiger partial charge in [-0.05, 0) is 36.8 Å². The summed E-state index contributed by atoms with van der Waals surface area (Å²) in [5, 5.41) is 0.635. The molecule has 19 heavy (non-hydrogen) atoms. The first-order valence-corrected chi connectivity index (χ1v) is 6.94. The minimum atomic E-state index is 0.435. The quantitative estimate of drug-likeness (QED) is 0.718. The van der Waals surface area contributed by atoms with E-state index in [0.29, 0.717) is 11.0 Å². The Morgan fingerprint density at radius 2 is 2.05 bits per heavy atom. The van der Waals surface area contributed by atoms with Gasteiger partial charge in [0.25, 0.3) is 0 Å². The number of benzene rings is 2. The average Bonchev–Trinajstić information content (AvgIpc) is 2.70. The standard InChI is InChI=1S/C14H11BrClN3/c1-8-3-2-4-11-13(8)18-14(17)19(11)12-7-9(15)5-6-10(12)16/h2-7H,1H3,(H2,17,18). The van der Waals surface area contributed by atoms with E-state index in [4.69, 9.17) is 17.3 Å². The normalized spacial score (nSPS) is 11.1. The molecule has 3 aromatic rings. The number of hydrogen-bond acceptors (Lipinski definition) is 2. The van der Waals surface area contributed by atoms with Crippen LogP contribution in [0.4, 0.5) is 5.95 Å². The maximum absolute atomic E-state index is 6.27. The largest absolute Gasteiger partial charge is 0.369 e. The number of halogens is 2. The fraction of sp³-hybridized carbons (Fsp3) is 0.0714. The molecule has 0 fully saturated rings. The molecule has 2 aromatic carbocycles. The first-order chi connectivity index (χ1) is 9.08. The Labute approximate surface area is 124 Å². The second-order valence-corrected chi connectivity index (χ2v) is 5.67. The average molecular weight is 337 g/mol. The third-order valence-electron chi connectivity index (χ3n) is 3.06. The van der Waals surface area contributed by atoms with Crippen molar-refractivity contribution in [1.29, 1.82) is 0 Å². The number of fused-ring (bicyclic) bond motifs is 1. The number of imidazole rings is 1. The lowest BCUT2D eigenvalue weighted by Gasteiger charge is -2.09. The number of nitrogen functional groups attached to an aromatic ring is 1. The summed E-state index contributed by atoms with van der Waals surface area (Å²) in [5.74, 6) is 0.435. The summed E-state index contributed by atoms with van der Waals surface area (Å²) >= 11 is 9.73. The summed E-state index contributed by atoms with van der Waals surface area (Å²) in [6.07, 6.45) is 0. The molecule has 1 aromatic heterocycles. The van der Waals surface area contributed by atoms with E-state index in [9.17, 15) is 0 Å². The van der Waals surface area contributed by atoms with Crippen LogP contribution in [0.15, 0.2) is 40.9 Å². The predicted molar refractivity (Wildman–Crippen MR) is 82.9 cm³/mol. The summed E-state index contributed by atoms with van der Waals surface area (Å²) in [5.41, 5.74) is 9.82. The fourth-order valence-corrected chi connectivity index (χ4v) is 2.72. The number of rotatable bonds is 1. The van der Waals surface area contributed by atoms with E-state index in [1.807, 2.05) is 47.9 Å². The Hall–Kier alpha value is -1.52. The van der Waals surface area contributed by atoms with Crippen molar-refractivity contribution in [3.05, 3.63) is 51.5 Å². The lowest BCUT2D eigenvalue weighted by atomic mass is 10.2. The number of nitrogens with zero attached hydrogens (tertiary/aromatic N) is 2. The number of anilines is 1. The molecule has 0 bridgehead atoms. The Balaban J connectivity index is 2.39. The highest BCUT2D eigenvalue weighted by Crippen LogP contribution is 2.31. The lowest BCUT2D eigenvalue weighted by molar-refractivity contribution is 1.11. The molecule has 3 rings (SSSR count). The maximum Gasteiger partial charge on any atom is 0.205 e. The molecule has 0 aliphatic carbocycles. The Morgan fingerprint density at radius 1 is 1.26 bits per heavy atom. The summed E-state index contributed by atoms with van der Waals surface area (Å²) < 4.78 is 2.82. The fourth-order valence-electron chi connectivity index (χ4n) is 2.17. The molecule has 0 aliphatic heterocycles. The van der Waals surface area contributed by atoms with Crippen molar-refractivity contribution in [2.75, 3.05) is 5.73 Å². The molecule has 0 radical (unpaired) electrons. The van der Waals surface area contributed by atoms with Gasteiger partial charge in [0.15, 0.2) is 0 Å². The molecule has 0 unspecified atom stereocenters. The number of para-hydroxylation sites is 1. The van der Waals surface area contributed by atoms with Gasteiger partial charge in [0, 0.05) is 4.47 Å². The molecule has 0 saturated carbocycles. The van der Waals surface area contributed by atoms with Crippen LogP contribution in [0.1, 0.15) is 5.56 Å². The minimum Gasteiger partial charge on any atom is -0.369 e. The van der Waals surface area contributed by atoms with E-state index in [1.165, 1.54) is 0 Å². The van der Waals surface area contributed by atoms with Gasteiger partial charge in [0.1, 0.15) is 0 Å². The van der Waals surface area contributed by atoms with E-state index >= 15 is 0 Å². The summed E-state index contributed by atoms with van der Waals surface area (Å²) in [6.45, 7) is 2.02. The maximum atomic E-state index is 6.27. The zero-order valence-electron chi connectivity index (χ0n) is 10.2. The van der Waals surface area contributed by atoms with Crippen LogP contribution >= 0.6 is 27.5 Å². The topological polar surface area (TPSA) is 43.8 Å². The summed E-state index contributed by atoms with van der Waals surface area (Å²) in [4.78, 5) is 4.43. The van der Waals surface area contributed by atoms with Crippen LogP contribution in [0.2, 0.25) is 5.02 Å². The van der Waals surface area contributed by atoms with Crippen molar-refractivity contribution in [3.8, 4) is 5.69 Å². The van der Waals surface area contributed by atoms with Crippen LogP contribution in [0, 0.1) is 6.92 Å². The van der Waals surface area contributed by atoms with Crippen molar-refractivity contribution in [2.24, 2.45) is 0 Å². The molecule has 3 nitrogen and oxygen atoms in total. The number of nitrogens with two attached hydrogens (primary N) is 1. The zero-order valence-corrected chi connectivity index (χ0v) is 12.5. The van der Waals surface area contributed by atoms with E-state index in [1.54, 1.807) is 0 Å². The van der Waals surface area contributed by atoms with Gasteiger partial charge in [-0.25, -0.2) is 4.98 Å². The SMILES string of the molecule is Cc1cccc2c1nc(N)n2-c1cc(Br)ccc1Cl. The molecule has 5 heteroatoms. The van der Waals surface area contributed by atoms with Gasteiger partial charge >= 0.3 is 0 Å². The second kappa shape index (κ2) is 4.54. The predicted octanol–water partition coefficient (Wildman–Crippen LogP) is 4.33. The minimum absolute atomic E-state index is 0.435. The highest BCUT2D eigenvalue weighted by molar-refractivity contribution is 9.10. The number of hydrogen-bond donors (Lipinski definition) is 1. The molecule has 0 aliphatic rings. The molecular weight excluding hydrogens is 326 g/mol. The van der Waals surface area contributed by atoms with Crippen molar-refractivity contribution in [2.45, 2.75) is 6.92 Å². The van der Waals surface area contributed by atoms with Crippen LogP contribution in [0.3, 0.4) is 0 Å². The molecular formula is C14H11BrClN3. The number of aryl methyl sites for hydroxylation is 1. The molecule has 96 valence electrons. The molecule has 0 saturated heterocycles. The van der Waals surface area contributed by atoms with Crippen LogP contribution in [-0.4, -0.2) is 9.55 Å². The molecule has 0 atom stereocenters. The van der Waals surface area contributed by atoms with Crippen LogP contribution < -0.4 is 5.73 Å². The highest BCUT2D eigenvalue weighted by Gasteiger charge is 2.13. The lowest BCUT2D eigenvalue weighted by Crippen LogP contribution is -2.01. The Morgan fingerprint density at radius 3 is 2.84 bits per heavy atom. The van der Waals surface area contributed by atoms with Crippen molar-refractivity contribution in [3.63, 3.8) is 0 Å². The summed E-state index contributed by atoms with van der Waals surface area (Å²) in [7, 11) is 0. The van der Waals surface area contributed by atoms with Crippen molar-refractivity contribution < 1.29 is 0 Å². The van der Waals surface area contributed by atoms with Gasteiger partial charge in [-0.2, -0.15) is 0 Å². The van der Waals surface area contributed by atoms with Gasteiger partial charge < -0.3 is 5.73 Å². The molecule has 2 N–H and O–H groups in total. The van der Waals surface area contributed by atoms with E-state index < -0.39 is 0 Å². The molecule has 0 spiro atoms. The zero-order chi connectivity index (χ0) is 13.6. The molecule has 0 amide bonds. The third-order valence-corrected chi connectivity index (χ3v) is 3.87. The van der Waals surface area contributed by atoms with Gasteiger partial charge in [-0.15, -0.1) is 0 Å². The monoisotopic (exact) mass is 335 g/mol. The van der Waals surface area contributed by atoms with Gasteiger partial charge in [-0.3, -0.25) is 4.57 Å². The second-order valence-electron chi connectivity index (χ2n) is 4.34.